The predicted octanol–water partition coefficient (Wildman–Crippen LogP) is 4.04. The molecule has 0 radical (unpaired) electrons. The van der Waals surface area contributed by atoms with E-state index in [1.165, 1.54) is 11.1 Å². The van der Waals surface area contributed by atoms with Gasteiger partial charge in [-0.3, -0.25) is 0 Å². The van der Waals surface area contributed by atoms with Crippen molar-refractivity contribution in [3.05, 3.63) is 39.5 Å². The number of aromatic nitrogens is 2. The zero-order valence-electron chi connectivity index (χ0n) is 14.8. The van der Waals surface area contributed by atoms with Gasteiger partial charge in [-0.05, 0) is 49.3 Å². The molecule has 1 fully saturated rings. The molecule has 2 unspecified atom stereocenters. The van der Waals surface area contributed by atoms with E-state index in [1.54, 1.807) is 7.11 Å². The fourth-order valence-electron chi connectivity index (χ4n) is 4.60. The van der Waals surface area contributed by atoms with Gasteiger partial charge in [-0.1, -0.05) is 17.7 Å². The summed E-state index contributed by atoms with van der Waals surface area (Å²) in [6, 6.07) is 4.30. The molecule has 26 heavy (non-hydrogen) atoms. The number of methoxy groups -OCH3 is 1. The Hall–Kier alpha value is -1.69. The Morgan fingerprint density at radius 1 is 1.19 bits per heavy atom. The number of aryl methyl sites for hydroxylation is 1. The summed E-state index contributed by atoms with van der Waals surface area (Å²) >= 11 is 6.40. The molecule has 6 heteroatoms. The van der Waals surface area contributed by atoms with Crippen LogP contribution in [0.25, 0.3) is 11.3 Å². The van der Waals surface area contributed by atoms with E-state index < -0.39 is 0 Å². The topological polar surface area (TPSA) is 53.5 Å². The number of hydrogen-bond acceptors (Lipinski definition) is 5. The molecule has 3 aliphatic rings. The highest BCUT2D eigenvalue weighted by Gasteiger charge is 2.38. The van der Waals surface area contributed by atoms with Crippen LogP contribution in [0.2, 0.25) is 5.15 Å². The van der Waals surface area contributed by atoms with Gasteiger partial charge in [0.05, 0.1) is 12.2 Å². The molecule has 0 saturated carbocycles. The van der Waals surface area contributed by atoms with Gasteiger partial charge in [0.25, 0.3) is 0 Å². The lowest BCUT2D eigenvalue weighted by atomic mass is 9.93. The van der Waals surface area contributed by atoms with Crippen LogP contribution in [0.15, 0.2) is 12.1 Å². The van der Waals surface area contributed by atoms with Crippen molar-refractivity contribution in [2.24, 2.45) is 0 Å². The quantitative estimate of drug-likeness (QED) is 0.758. The Labute approximate surface area is 157 Å². The summed E-state index contributed by atoms with van der Waals surface area (Å²) < 4.78 is 17.4. The van der Waals surface area contributed by atoms with E-state index in [-0.39, 0.29) is 19.0 Å². The molecule has 1 saturated heterocycles. The monoisotopic (exact) mass is 372 g/mol. The molecule has 136 valence electrons. The summed E-state index contributed by atoms with van der Waals surface area (Å²) in [6.45, 7) is 0.217. The average Bonchev–Trinajstić information content (AvgIpc) is 3.28. The first kappa shape index (κ1) is 16.5. The number of rotatable bonds is 4. The highest BCUT2D eigenvalue weighted by atomic mass is 35.5. The first-order valence-corrected chi connectivity index (χ1v) is 9.61. The van der Waals surface area contributed by atoms with Gasteiger partial charge >= 0.3 is 0 Å². The molecular weight excluding hydrogens is 352 g/mol. The molecule has 0 N–H and O–H groups in total. The molecular formula is C20H21ClN2O3. The molecule has 2 atom stereocenters. The van der Waals surface area contributed by atoms with E-state index >= 15 is 0 Å². The van der Waals surface area contributed by atoms with Crippen molar-refractivity contribution < 1.29 is 14.2 Å². The summed E-state index contributed by atoms with van der Waals surface area (Å²) in [7, 11) is 1.64. The number of nitrogens with zero attached hydrogens (tertiary/aromatic N) is 2. The maximum atomic E-state index is 6.40. The maximum absolute atomic E-state index is 6.40. The van der Waals surface area contributed by atoms with Crippen molar-refractivity contribution >= 4 is 11.6 Å². The maximum Gasteiger partial charge on any atom is 0.188 e. The van der Waals surface area contributed by atoms with Crippen LogP contribution < -0.4 is 4.74 Å². The van der Waals surface area contributed by atoms with Gasteiger partial charge in [0, 0.05) is 30.2 Å². The lowest BCUT2D eigenvalue weighted by Gasteiger charge is -2.26. The molecule has 0 spiro atoms. The molecule has 5 nitrogen and oxygen atoms in total. The third-order valence-corrected chi connectivity index (χ3v) is 6.04. The number of fused-ring (bicyclic) bond motifs is 5. The average molecular weight is 373 g/mol. The van der Waals surface area contributed by atoms with Crippen LogP contribution in [0.3, 0.4) is 0 Å². The summed E-state index contributed by atoms with van der Waals surface area (Å²) in [5.41, 5.74) is 6.62. The standard InChI is InChI=1S/C20H21ClN2O3/c1-24-10-25-19-13-4-2-3-11(13)5-7-14(19)18-17-15(20(21)23-22-18)9-12-6-8-16(17)26-12/h5,7,12,16H,2-4,6,8-10H2,1H3. The Kier molecular flexibility index (Phi) is 4.11. The van der Waals surface area contributed by atoms with E-state index in [9.17, 15) is 0 Å². The van der Waals surface area contributed by atoms with Crippen LogP contribution in [0.5, 0.6) is 5.75 Å². The normalized spacial score (nSPS) is 23.0. The lowest BCUT2D eigenvalue weighted by molar-refractivity contribution is 0.0322. The highest BCUT2D eigenvalue weighted by Crippen LogP contribution is 2.48. The lowest BCUT2D eigenvalue weighted by Crippen LogP contribution is -2.20. The van der Waals surface area contributed by atoms with Gasteiger partial charge in [-0.25, -0.2) is 0 Å². The molecule has 5 rings (SSSR count). The van der Waals surface area contributed by atoms with Crippen molar-refractivity contribution in [2.45, 2.75) is 50.7 Å². The van der Waals surface area contributed by atoms with Crippen LogP contribution in [0.4, 0.5) is 0 Å². The van der Waals surface area contributed by atoms with Gasteiger partial charge in [0.2, 0.25) is 0 Å². The van der Waals surface area contributed by atoms with Crippen molar-refractivity contribution in [2.75, 3.05) is 13.9 Å². The Morgan fingerprint density at radius 2 is 2.12 bits per heavy atom. The number of ether oxygens (including phenoxy) is 3. The molecule has 3 heterocycles. The summed E-state index contributed by atoms with van der Waals surface area (Å²) in [6.07, 6.45) is 6.45. The van der Waals surface area contributed by atoms with E-state index in [1.807, 2.05) is 0 Å². The van der Waals surface area contributed by atoms with Crippen LogP contribution in [-0.2, 0) is 28.7 Å². The van der Waals surface area contributed by atoms with E-state index in [0.717, 1.165) is 66.7 Å². The zero-order valence-corrected chi connectivity index (χ0v) is 15.5. The minimum Gasteiger partial charge on any atom is -0.467 e. The van der Waals surface area contributed by atoms with Crippen LogP contribution in [-0.4, -0.2) is 30.2 Å². The molecule has 2 bridgehead atoms. The summed E-state index contributed by atoms with van der Waals surface area (Å²) in [4.78, 5) is 0. The molecule has 1 aliphatic carbocycles. The van der Waals surface area contributed by atoms with Crippen LogP contribution in [0.1, 0.15) is 47.6 Å². The smallest absolute Gasteiger partial charge is 0.188 e. The molecule has 2 aromatic rings. The second kappa shape index (κ2) is 6.48. The van der Waals surface area contributed by atoms with Crippen LogP contribution in [0, 0.1) is 0 Å². The first-order valence-electron chi connectivity index (χ1n) is 9.23. The van der Waals surface area contributed by atoms with E-state index in [0.29, 0.717) is 5.15 Å². The fraction of sp³-hybridized carbons (Fsp3) is 0.500. The second-order valence-corrected chi connectivity index (χ2v) is 7.60. The third kappa shape index (κ3) is 2.53. The number of halogens is 1. The molecule has 0 amide bonds. The second-order valence-electron chi connectivity index (χ2n) is 7.24. The fourth-order valence-corrected chi connectivity index (χ4v) is 4.82. The van der Waals surface area contributed by atoms with Crippen molar-refractivity contribution in [3.8, 4) is 17.0 Å². The Morgan fingerprint density at radius 3 is 3.00 bits per heavy atom. The summed E-state index contributed by atoms with van der Waals surface area (Å²) in [5, 5.41) is 9.25. The summed E-state index contributed by atoms with van der Waals surface area (Å²) in [5.74, 6) is 0.876. The van der Waals surface area contributed by atoms with E-state index in [2.05, 4.69) is 22.3 Å². The molecule has 1 aromatic heterocycles. The third-order valence-electron chi connectivity index (χ3n) is 5.74. The minimum atomic E-state index is 0.0512. The van der Waals surface area contributed by atoms with Gasteiger partial charge < -0.3 is 14.2 Å². The van der Waals surface area contributed by atoms with Crippen molar-refractivity contribution in [1.82, 2.24) is 10.2 Å². The van der Waals surface area contributed by atoms with Crippen molar-refractivity contribution in [3.63, 3.8) is 0 Å². The highest BCUT2D eigenvalue weighted by molar-refractivity contribution is 6.30. The molecule has 1 aromatic carbocycles. The Balaban J connectivity index is 1.70. The van der Waals surface area contributed by atoms with Gasteiger partial charge in [-0.15, -0.1) is 10.2 Å². The largest absolute Gasteiger partial charge is 0.467 e. The minimum absolute atomic E-state index is 0.0512. The number of hydrogen-bond donors (Lipinski definition) is 0. The zero-order chi connectivity index (χ0) is 17.7. The number of benzene rings is 1. The SMILES string of the molecule is COCOc1c(-c2nnc(Cl)c3c2C2CCC(C3)O2)ccc2c1CCC2. The van der Waals surface area contributed by atoms with E-state index in [4.69, 9.17) is 25.8 Å². The van der Waals surface area contributed by atoms with Gasteiger partial charge in [0.15, 0.2) is 11.9 Å². The predicted molar refractivity (Wildman–Crippen MR) is 97.6 cm³/mol. The first-order chi connectivity index (χ1) is 12.8. The van der Waals surface area contributed by atoms with Gasteiger partial charge in [0.1, 0.15) is 11.4 Å². The van der Waals surface area contributed by atoms with Crippen LogP contribution >= 0.6 is 11.6 Å². The molecule has 2 aliphatic heterocycles. The Bertz CT molecular complexity index is 871. The van der Waals surface area contributed by atoms with Gasteiger partial charge in [-0.2, -0.15) is 0 Å². The van der Waals surface area contributed by atoms with Crippen molar-refractivity contribution in [1.29, 1.82) is 0 Å².